The number of carbonyl (C=O) groups excluding carboxylic acids is 3. The van der Waals surface area contributed by atoms with Crippen LogP contribution in [-0.4, -0.2) is 64.5 Å². The standard InChI is InChI=1S/C31H50BN5O5/c1-17(2)12-21(35-29(40)26(19(5)6)37-28(39)22-16-33-10-11-34-22)27(38)36-25(13-18(3)4)32-41-24-15-20-14-23(30(20,7)8)31(24,9)42-32/h10-11,16-21,23-26H,12-15H2,1-9H3,(H,35,40)(H,36,38)(H,37,39)/t20?,21-,23?,24+,25-,26?,31-/m0/s1. The molecule has 232 valence electrons. The van der Waals surface area contributed by atoms with Crippen LogP contribution in [0.3, 0.4) is 0 Å². The lowest BCUT2D eigenvalue weighted by atomic mass is 9.43. The minimum atomic E-state index is -0.854. The molecule has 1 saturated heterocycles. The van der Waals surface area contributed by atoms with Crippen LogP contribution in [0.15, 0.2) is 18.6 Å². The molecule has 3 unspecified atom stereocenters. The molecule has 3 amide bonds. The summed E-state index contributed by atoms with van der Waals surface area (Å²) in [5.41, 5.74) is -0.0292. The fourth-order valence-electron chi connectivity index (χ4n) is 7.23. The van der Waals surface area contributed by atoms with Crippen molar-refractivity contribution in [1.82, 2.24) is 25.9 Å². The molecule has 2 heterocycles. The van der Waals surface area contributed by atoms with Crippen LogP contribution in [0, 0.1) is 35.0 Å². The van der Waals surface area contributed by atoms with Gasteiger partial charge in [0.05, 0.1) is 23.8 Å². The SMILES string of the molecule is CC(C)C[C@H](NC(=O)[C@H](CC(C)C)NC(=O)C(NC(=O)c1cnccn1)C(C)C)B1O[C@@H]2CC3CC(C3(C)C)[C@]2(C)O1. The van der Waals surface area contributed by atoms with Crippen molar-refractivity contribution in [2.45, 2.75) is 118 Å². The molecule has 7 atom stereocenters. The Morgan fingerprint density at radius 3 is 2.21 bits per heavy atom. The van der Waals surface area contributed by atoms with Gasteiger partial charge in [0.15, 0.2) is 0 Å². The molecule has 0 aromatic carbocycles. The van der Waals surface area contributed by atoms with Gasteiger partial charge in [0, 0.05) is 12.4 Å². The molecule has 2 bridgehead atoms. The van der Waals surface area contributed by atoms with E-state index < -0.39 is 31.0 Å². The fraction of sp³-hybridized carbons (Fsp3) is 0.774. The lowest BCUT2D eigenvalue weighted by Crippen LogP contribution is -2.65. The van der Waals surface area contributed by atoms with Crippen LogP contribution in [0.2, 0.25) is 0 Å². The predicted octanol–water partition coefficient (Wildman–Crippen LogP) is 3.56. The molecule has 4 aliphatic rings. The van der Waals surface area contributed by atoms with Gasteiger partial charge in [-0.1, -0.05) is 55.4 Å². The monoisotopic (exact) mass is 583 g/mol. The van der Waals surface area contributed by atoms with Crippen molar-refractivity contribution in [3.63, 3.8) is 0 Å². The first-order valence-electron chi connectivity index (χ1n) is 15.6. The fourth-order valence-corrected chi connectivity index (χ4v) is 7.23. The summed E-state index contributed by atoms with van der Waals surface area (Å²) < 4.78 is 13.3. The van der Waals surface area contributed by atoms with Gasteiger partial charge in [0.1, 0.15) is 17.8 Å². The first-order valence-corrected chi connectivity index (χ1v) is 15.6. The summed E-state index contributed by atoms with van der Waals surface area (Å²) in [5, 5.41) is 8.90. The van der Waals surface area contributed by atoms with E-state index in [0.29, 0.717) is 30.6 Å². The number of amides is 3. The molecule has 3 N–H and O–H groups in total. The second kappa shape index (κ2) is 12.6. The van der Waals surface area contributed by atoms with Crippen molar-refractivity contribution in [3.8, 4) is 0 Å². The molecule has 5 rings (SSSR count). The number of aromatic nitrogens is 2. The highest BCUT2D eigenvalue weighted by molar-refractivity contribution is 6.48. The third-order valence-corrected chi connectivity index (χ3v) is 9.72. The Hall–Kier alpha value is -2.53. The zero-order valence-corrected chi connectivity index (χ0v) is 26.8. The van der Waals surface area contributed by atoms with Crippen LogP contribution in [-0.2, 0) is 18.9 Å². The molecular formula is C31H50BN5O5. The first kappa shape index (κ1) is 32.4. The maximum absolute atomic E-state index is 13.8. The van der Waals surface area contributed by atoms with Crippen LogP contribution in [0.25, 0.3) is 0 Å². The van der Waals surface area contributed by atoms with Gasteiger partial charge in [0.2, 0.25) is 11.8 Å². The van der Waals surface area contributed by atoms with E-state index in [2.05, 4.69) is 60.5 Å². The lowest BCUT2D eigenvalue weighted by Gasteiger charge is -2.64. The van der Waals surface area contributed by atoms with Gasteiger partial charge < -0.3 is 25.3 Å². The topological polar surface area (TPSA) is 132 Å². The molecule has 1 aromatic heterocycles. The normalized spacial score (nSPS) is 28.1. The molecular weight excluding hydrogens is 533 g/mol. The Labute approximate surface area is 251 Å². The molecule has 0 radical (unpaired) electrons. The van der Waals surface area contributed by atoms with Gasteiger partial charge >= 0.3 is 7.12 Å². The highest BCUT2D eigenvalue weighted by Gasteiger charge is 2.68. The predicted molar refractivity (Wildman–Crippen MR) is 161 cm³/mol. The average Bonchev–Trinajstić information content (AvgIpc) is 3.27. The van der Waals surface area contributed by atoms with E-state index in [1.807, 2.05) is 27.7 Å². The molecule has 0 spiro atoms. The molecule has 42 heavy (non-hydrogen) atoms. The van der Waals surface area contributed by atoms with Crippen molar-refractivity contribution in [2.24, 2.45) is 35.0 Å². The van der Waals surface area contributed by atoms with Crippen LogP contribution in [0.4, 0.5) is 0 Å². The van der Waals surface area contributed by atoms with Crippen molar-refractivity contribution in [3.05, 3.63) is 24.3 Å². The van der Waals surface area contributed by atoms with Crippen LogP contribution in [0.1, 0.15) is 98.5 Å². The van der Waals surface area contributed by atoms with Gasteiger partial charge in [-0.3, -0.25) is 19.4 Å². The minimum Gasteiger partial charge on any atom is -0.404 e. The number of nitrogens with zero attached hydrogens (tertiary/aromatic N) is 2. The molecule has 4 fully saturated rings. The van der Waals surface area contributed by atoms with Gasteiger partial charge in [-0.05, 0) is 67.6 Å². The van der Waals surface area contributed by atoms with E-state index in [1.54, 1.807) is 0 Å². The zero-order chi connectivity index (χ0) is 31.0. The first-order chi connectivity index (χ1) is 19.6. The summed E-state index contributed by atoms with van der Waals surface area (Å²) in [6.45, 7) is 18.8. The molecule has 3 aliphatic carbocycles. The van der Waals surface area contributed by atoms with Crippen LogP contribution >= 0.6 is 0 Å². The van der Waals surface area contributed by atoms with Crippen LogP contribution < -0.4 is 16.0 Å². The summed E-state index contributed by atoms with van der Waals surface area (Å²) >= 11 is 0. The molecule has 10 nitrogen and oxygen atoms in total. The average molecular weight is 584 g/mol. The number of carbonyl (C=O) groups is 3. The van der Waals surface area contributed by atoms with Gasteiger partial charge in [-0.25, -0.2) is 4.98 Å². The van der Waals surface area contributed by atoms with E-state index in [0.717, 1.165) is 12.8 Å². The Morgan fingerprint density at radius 2 is 1.64 bits per heavy atom. The van der Waals surface area contributed by atoms with Crippen LogP contribution in [0.5, 0.6) is 0 Å². The zero-order valence-electron chi connectivity index (χ0n) is 26.8. The molecule has 1 aliphatic heterocycles. The number of hydrogen-bond donors (Lipinski definition) is 3. The highest BCUT2D eigenvalue weighted by Crippen LogP contribution is 2.65. The second-order valence-corrected chi connectivity index (χ2v) is 14.6. The second-order valence-electron chi connectivity index (χ2n) is 14.6. The van der Waals surface area contributed by atoms with E-state index >= 15 is 0 Å². The van der Waals surface area contributed by atoms with Gasteiger partial charge in [-0.15, -0.1) is 0 Å². The molecule has 1 aromatic rings. The van der Waals surface area contributed by atoms with Gasteiger partial charge in [-0.2, -0.15) is 0 Å². The Morgan fingerprint density at radius 1 is 0.952 bits per heavy atom. The number of hydrogen-bond acceptors (Lipinski definition) is 7. The molecule has 11 heteroatoms. The van der Waals surface area contributed by atoms with Crippen molar-refractivity contribution in [1.29, 1.82) is 0 Å². The number of nitrogens with one attached hydrogen (secondary N) is 3. The van der Waals surface area contributed by atoms with Gasteiger partial charge in [0.25, 0.3) is 5.91 Å². The van der Waals surface area contributed by atoms with E-state index in [9.17, 15) is 14.4 Å². The van der Waals surface area contributed by atoms with Crippen molar-refractivity contribution < 1.29 is 23.7 Å². The summed E-state index contributed by atoms with van der Waals surface area (Å²) in [6, 6.07) is -1.64. The highest BCUT2D eigenvalue weighted by atomic mass is 16.7. The van der Waals surface area contributed by atoms with E-state index in [-0.39, 0.29) is 46.5 Å². The summed E-state index contributed by atoms with van der Waals surface area (Å²) in [7, 11) is -0.549. The third kappa shape index (κ3) is 6.67. The quantitative estimate of drug-likeness (QED) is 0.321. The minimum absolute atomic E-state index is 0.0155. The maximum atomic E-state index is 13.8. The molecule has 3 saturated carbocycles. The summed E-state index contributed by atoms with van der Waals surface area (Å²) in [5.74, 6) is -0.271. The Balaban J connectivity index is 1.46. The van der Waals surface area contributed by atoms with E-state index in [1.165, 1.54) is 18.6 Å². The van der Waals surface area contributed by atoms with Crippen molar-refractivity contribution in [2.75, 3.05) is 0 Å². The number of rotatable bonds is 12. The summed E-state index contributed by atoms with van der Waals surface area (Å²) in [6.07, 6.45) is 7.52. The Kier molecular flexibility index (Phi) is 9.72. The van der Waals surface area contributed by atoms with E-state index in [4.69, 9.17) is 9.31 Å². The Bertz CT molecular complexity index is 1130. The largest absolute Gasteiger partial charge is 0.481 e. The third-order valence-electron chi connectivity index (χ3n) is 9.72. The maximum Gasteiger partial charge on any atom is 0.481 e. The van der Waals surface area contributed by atoms with Crippen molar-refractivity contribution >= 4 is 24.8 Å². The lowest BCUT2D eigenvalue weighted by molar-refractivity contribution is -0.199. The summed E-state index contributed by atoms with van der Waals surface area (Å²) in [4.78, 5) is 48.0. The smallest absolute Gasteiger partial charge is 0.404 e.